The Balaban J connectivity index is 1.67. The van der Waals surface area contributed by atoms with E-state index in [0.717, 1.165) is 30.5 Å². The van der Waals surface area contributed by atoms with E-state index in [9.17, 15) is 4.39 Å². The van der Waals surface area contributed by atoms with E-state index < -0.39 is 0 Å². The highest BCUT2D eigenvalue weighted by Gasteiger charge is 2.33. The quantitative estimate of drug-likeness (QED) is 0.906. The Labute approximate surface area is 141 Å². The molecule has 1 saturated carbocycles. The lowest BCUT2D eigenvalue weighted by molar-refractivity contribution is -0.0445. The Morgan fingerprint density at radius 3 is 2.62 bits per heavy atom. The van der Waals surface area contributed by atoms with Crippen molar-refractivity contribution in [3.63, 3.8) is 0 Å². The van der Waals surface area contributed by atoms with Gasteiger partial charge in [-0.25, -0.2) is 4.39 Å². The summed E-state index contributed by atoms with van der Waals surface area (Å²) in [5.74, 6) is 0.532. The molecule has 0 radical (unpaired) electrons. The van der Waals surface area contributed by atoms with Crippen molar-refractivity contribution < 1.29 is 13.9 Å². The Kier molecular flexibility index (Phi) is 4.50. The van der Waals surface area contributed by atoms with E-state index in [0.29, 0.717) is 24.8 Å². The van der Waals surface area contributed by atoms with Crippen LogP contribution in [0.3, 0.4) is 0 Å². The molecule has 1 heterocycles. The second-order valence-corrected chi connectivity index (χ2v) is 6.49. The topological polar surface area (TPSA) is 30.5 Å². The van der Waals surface area contributed by atoms with E-state index in [1.165, 1.54) is 6.07 Å². The zero-order valence-corrected chi connectivity index (χ0v) is 13.6. The zero-order valence-electron chi connectivity index (χ0n) is 13.6. The summed E-state index contributed by atoms with van der Waals surface area (Å²) in [4.78, 5) is 0. The van der Waals surface area contributed by atoms with Crippen molar-refractivity contribution in [1.29, 1.82) is 0 Å². The molecule has 2 atom stereocenters. The number of benzene rings is 2. The van der Waals surface area contributed by atoms with Gasteiger partial charge in [0.05, 0.1) is 6.61 Å². The van der Waals surface area contributed by atoms with Gasteiger partial charge in [-0.1, -0.05) is 42.5 Å². The lowest BCUT2D eigenvalue weighted by Gasteiger charge is -2.32. The molecule has 0 aromatic heterocycles. The van der Waals surface area contributed by atoms with Crippen LogP contribution in [0.25, 0.3) is 0 Å². The van der Waals surface area contributed by atoms with Gasteiger partial charge in [-0.2, -0.15) is 0 Å². The fraction of sp³-hybridized carbons (Fsp3) is 0.400. The molecule has 3 nitrogen and oxygen atoms in total. The molecule has 2 fully saturated rings. The average Bonchev–Trinajstić information content (AvgIpc) is 3.47. The minimum Gasteiger partial charge on any atom is -0.480 e. The molecular weight excluding hydrogens is 305 g/mol. The summed E-state index contributed by atoms with van der Waals surface area (Å²) in [6.45, 7) is 2.18. The van der Waals surface area contributed by atoms with Crippen LogP contribution >= 0.6 is 0 Å². The maximum Gasteiger partial charge on any atom is 0.165 e. The maximum absolute atomic E-state index is 14.5. The van der Waals surface area contributed by atoms with Gasteiger partial charge >= 0.3 is 0 Å². The second kappa shape index (κ2) is 6.91. The molecule has 0 bridgehead atoms. The summed E-state index contributed by atoms with van der Waals surface area (Å²) in [5, 5.41) is 3.34. The van der Waals surface area contributed by atoms with Crippen LogP contribution in [0.4, 0.5) is 4.39 Å². The first-order chi connectivity index (χ1) is 11.8. The molecule has 2 aliphatic rings. The highest BCUT2D eigenvalue weighted by atomic mass is 19.1. The first kappa shape index (κ1) is 15.6. The standard InChI is InChI=1S/C20H22FNO2/c21-17-8-4-7-16(14-9-10-14)20(17)24-19(15-5-2-1-3-6-15)18-13-22-11-12-23-18/h1-8,14,18-19,22H,9-13H2/t18-,19+/m1/s1. The number of halogens is 1. The second-order valence-electron chi connectivity index (χ2n) is 6.49. The van der Waals surface area contributed by atoms with Gasteiger partial charge in [0, 0.05) is 18.7 Å². The predicted octanol–water partition coefficient (Wildman–Crippen LogP) is 3.81. The normalized spacial score (nSPS) is 22.1. The minimum absolute atomic E-state index is 0.132. The van der Waals surface area contributed by atoms with E-state index in [4.69, 9.17) is 9.47 Å². The Bertz CT molecular complexity index is 681. The summed E-state index contributed by atoms with van der Waals surface area (Å²) in [5.41, 5.74) is 2.00. The molecule has 0 amide bonds. The van der Waals surface area contributed by atoms with Crippen molar-refractivity contribution in [3.05, 3.63) is 65.5 Å². The highest BCUT2D eigenvalue weighted by Crippen LogP contribution is 2.46. The predicted molar refractivity (Wildman–Crippen MR) is 90.8 cm³/mol. The van der Waals surface area contributed by atoms with Gasteiger partial charge in [0.25, 0.3) is 0 Å². The highest BCUT2D eigenvalue weighted by molar-refractivity contribution is 5.40. The van der Waals surface area contributed by atoms with Crippen LogP contribution in [-0.4, -0.2) is 25.8 Å². The smallest absolute Gasteiger partial charge is 0.165 e. The summed E-state index contributed by atoms with van der Waals surface area (Å²) in [6.07, 6.45) is 1.76. The molecule has 1 N–H and O–H groups in total. The summed E-state index contributed by atoms with van der Waals surface area (Å²) >= 11 is 0. The first-order valence-electron chi connectivity index (χ1n) is 8.65. The summed E-state index contributed by atoms with van der Waals surface area (Å²) in [7, 11) is 0. The Morgan fingerprint density at radius 1 is 1.08 bits per heavy atom. The van der Waals surface area contributed by atoms with Gasteiger partial charge in [0.1, 0.15) is 6.10 Å². The molecule has 24 heavy (non-hydrogen) atoms. The molecule has 2 aromatic carbocycles. The fourth-order valence-electron chi connectivity index (χ4n) is 3.27. The molecule has 2 aromatic rings. The van der Waals surface area contributed by atoms with Crippen LogP contribution in [-0.2, 0) is 4.74 Å². The van der Waals surface area contributed by atoms with Crippen molar-refractivity contribution >= 4 is 0 Å². The molecule has 0 spiro atoms. The molecule has 0 unspecified atom stereocenters. The van der Waals surface area contributed by atoms with Crippen molar-refractivity contribution in [2.24, 2.45) is 0 Å². The molecule has 1 saturated heterocycles. The number of rotatable bonds is 5. The average molecular weight is 327 g/mol. The third-order valence-corrected chi connectivity index (χ3v) is 4.68. The number of para-hydroxylation sites is 1. The molecule has 1 aliphatic heterocycles. The van der Waals surface area contributed by atoms with Crippen molar-refractivity contribution in [3.8, 4) is 5.75 Å². The van der Waals surface area contributed by atoms with Crippen molar-refractivity contribution in [1.82, 2.24) is 5.32 Å². The van der Waals surface area contributed by atoms with Gasteiger partial charge in [-0.05, 0) is 30.4 Å². The van der Waals surface area contributed by atoms with Crippen molar-refractivity contribution in [2.45, 2.75) is 31.0 Å². The third kappa shape index (κ3) is 3.30. The molecule has 4 rings (SSSR count). The van der Waals surface area contributed by atoms with Crippen LogP contribution in [0.5, 0.6) is 5.75 Å². The van der Waals surface area contributed by atoms with Gasteiger partial charge in [0.2, 0.25) is 0 Å². The summed E-state index contributed by atoms with van der Waals surface area (Å²) < 4.78 is 26.7. The van der Waals surface area contributed by atoms with Gasteiger partial charge in [0.15, 0.2) is 17.7 Å². The fourth-order valence-corrected chi connectivity index (χ4v) is 3.27. The Morgan fingerprint density at radius 2 is 1.92 bits per heavy atom. The lowest BCUT2D eigenvalue weighted by Crippen LogP contribution is -2.43. The van der Waals surface area contributed by atoms with Crippen LogP contribution in [0, 0.1) is 5.82 Å². The van der Waals surface area contributed by atoms with Crippen LogP contribution in [0.2, 0.25) is 0 Å². The summed E-state index contributed by atoms with van der Waals surface area (Å²) in [6, 6.07) is 15.2. The number of ether oxygens (including phenoxy) is 2. The number of nitrogens with one attached hydrogen (secondary N) is 1. The molecule has 126 valence electrons. The largest absolute Gasteiger partial charge is 0.480 e. The van der Waals surface area contributed by atoms with E-state index in [1.807, 2.05) is 36.4 Å². The van der Waals surface area contributed by atoms with Crippen LogP contribution in [0.15, 0.2) is 48.5 Å². The molecule has 4 heteroatoms. The number of hydrogen-bond donors (Lipinski definition) is 1. The van der Waals surface area contributed by atoms with E-state index in [1.54, 1.807) is 6.07 Å². The van der Waals surface area contributed by atoms with Gasteiger partial charge < -0.3 is 14.8 Å². The number of hydrogen-bond acceptors (Lipinski definition) is 3. The minimum atomic E-state index is -0.326. The maximum atomic E-state index is 14.5. The van der Waals surface area contributed by atoms with E-state index in [-0.39, 0.29) is 18.0 Å². The Hall–Kier alpha value is -1.91. The molecular formula is C20H22FNO2. The van der Waals surface area contributed by atoms with Crippen LogP contribution in [0.1, 0.15) is 36.0 Å². The molecule has 1 aliphatic carbocycles. The van der Waals surface area contributed by atoms with Crippen LogP contribution < -0.4 is 10.1 Å². The van der Waals surface area contributed by atoms with E-state index in [2.05, 4.69) is 5.32 Å². The monoisotopic (exact) mass is 327 g/mol. The van der Waals surface area contributed by atoms with Crippen molar-refractivity contribution in [2.75, 3.05) is 19.7 Å². The van der Waals surface area contributed by atoms with Gasteiger partial charge in [-0.3, -0.25) is 0 Å². The van der Waals surface area contributed by atoms with E-state index >= 15 is 0 Å². The lowest BCUT2D eigenvalue weighted by atomic mass is 10.0. The SMILES string of the molecule is Fc1cccc(C2CC2)c1O[C@@H](c1ccccc1)[C@H]1CNCCO1. The first-order valence-corrected chi connectivity index (χ1v) is 8.65. The zero-order chi connectivity index (χ0) is 16.4. The number of morpholine rings is 1. The van der Waals surface area contributed by atoms with Gasteiger partial charge in [-0.15, -0.1) is 0 Å². The third-order valence-electron chi connectivity index (χ3n) is 4.68.